The van der Waals surface area contributed by atoms with E-state index in [0.29, 0.717) is 26.1 Å². The molecule has 2 amide bonds. The van der Waals surface area contributed by atoms with Gasteiger partial charge < -0.3 is 15.3 Å². The number of aliphatic hydroxyl groups excluding tert-OH is 1. The lowest BCUT2D eigenvalue weighted by atomic mass is 10.1. The highest BCUT2D eigenvalue weighted by Crippen LogP contribution is 2.44. The van der Waals surface area contributed by atoms with Gasteiger partial charge in [-0.05, 0) is 19.8 Å². The van der Waals surface area contributed by atoms with Gasteiger partial charge in [0.2, 0.25) is 11.8 Å². The van der Waals surface area contributed by atoms with Gasteiger partial charge in [0.15, 0.2) is 0 Å². The molecule has 2 rings (SSSR count). The molecule has 2 N–H and O–H groups in total. The van der Waals surface area contributed by atoms with Crippen LogP contribution in [0.3, 0.4) is 0 Å². The molecule has 0 aromatic rings. The molecule has 2 aliphatic rings. The number of nitrogens with zero attached hydrogens (tertiary/aromatic N) is 1. The van der Waals surface area contributed by atoms with Crippen LogP contribution in [0.15, 0.2) is 0 Å². The summed E-state index contributed by atoms with van der Waals surface area (Å²) in [4.78, 5) is 25.1. The quantitative estimate of drug-likeness (QED) is 0.696. The Labute approximate surface area is 101 Å². The van der Waals surface area contributed by atoms with Crippen molar-refractivity contribution >= 4 is 11.8 Å². The third-order valence-electron chi connectivity index (χ3n) is 3.90. The van der Waals surface area contributed by atoms with Crippen LogP contribution in [0.1, 0.15) is 26.2 Å². The molecule has 1 atom stereocenters. The molecule has 0 bridgehead atoms. The van der Waals surface area contributed by atoms with Gasteiger partial charge >= 0.3 is 0 Å². The first-order valence-electron chi connectivity index (χ1n) is 6.26. The molecule has 17 heavy (non-hydrogen) atoms. The topological polar surface area (TPSA) is 69.6 Å². The summed E-state index contributed by atoms with van der Waals surface area (Å²) in [5.74, 6) is -0.193. The summed E-state index contributed by atoms with van der Waals surface area (Å²) in [7, 11) is 0. The van der Waals surface area contributed by atoms with Gasteiger partial charge in [-0.25, -0.2) is 0 Å². The largest absolute Gasteiger partial charge is 0.396 e. The van der Waals surface area contributed by atoms with E-state index in [2.05, 4.69) is 5.32 Å². The molecule has 0 aromatic carbocycles. The van der Waals surface area contributed by atoms with E-state index in [1.807, 2.05) is 6.92 Å². The maximum atomic E-state index is 11.9. The van der Waals surface area contributed by atoms with Crippen LogP contribution in [0.25, 0.3) is 0 Å². The van der Waals surface area contributed by atoms with Crippen molar-refractivity contribution in [1.29, 1.82) is 0 Å². The van der Waals surface area contributed by atoms with Crippen molar-refractivity contribution in [2.24, 2.45) is 11.3 Å². The summed E-state index contributed by atoms with van der Waals surface area (Å²) in [6.45, 7) is 3.80. The van der Waals surface area contributed by atoms with Crippen molar-refractivity contribution in [3.63, 3.8) is 0 Å². The molecular weight excluding hydrogens is 220 g/mol. The van der Waals surface area contributed by atoms with Crippen LogP contribution in [0.4, 0.5) is 0 Å². The molecule has 0 aromatic heterocycles. The number of hydrogen-bond acceptors (Lipinski definition) is 3. The van der Waals surface area contributed by atoms with E-state index in [1.54, 1.807) is 4.90 Å². The SMILES string of the molecule is CCN1CC(C(=O)NCC2(CO)CC2)CC1=O. The molecule has 5 nitrogen and oxygen atoms in total. The molecular formula is C12H20N2O3. The van der Waals surface area contributed by atoms with Gasteiger partial charge in [-0.1, -0.05) is 0 Å². The normalized spacial score (nSPS) is 26.1. The van der Waals surface area contributed by atoms with E-state index in [4.69, 9.17) is 5.11 Å². The fourth-order valence-electron chi connectivity index (χ4n) is 2.24. The average Bonchev–Trinajstić information content (AvgIpc) is 3.03. The average molecular weight is 240 g/mol. The first kappa shape index (κ1) is 12.4. The summed E-state index contributed by atoms with van der Waals surface area (Å²) in [6.07, 6.45) is 2.29. The second kappa shape index (κ2) is 4.64. The molecule has 1 saturated carbocycles. The van der Waals surface area contributed by atoms with Crippen LogP contribution in [0.5, 0.6) is 0 Å². The summed E-state index contributed by atoms with van der Waals surface area (Å²) in [6, 6.07) is 0. The molecule has 0 radical (unpaired) electrons. The van der Waals surface area contributed by atoms with E-state index in [-0.39, 0.29) is 29.8 Å². The zero-order valence-corrected chi connectivity index (χ0v) is 10.2. The van der Waals surface area contributed by atoms with Crippen molar-refractivity contribution in [2.75, 3.05) is 26.2 Å². The summed E-state index contributed by atoms with van der Waals surface area (Å²) < 4.78 is 0. The zero-order chi connectivity index (χ0) is 12.5. The number of aliphatic hydroxyl groups is 1. The van der Waals surface area contributed by atoms with Gasteiger partial charge in [-0.3, -0.25) is 9.59 Å². The first-order valence-corrected chi connectivity index (χ1v) is 6.26. The summed E-state index contributed by atoms with van der Waals surface area (Å²) in [5.41, 5.74) is -0.0667. The van der Waals surface area contributed by atoms with Gasteiger partial charge in [-0.15, -0.1) is 0 Å². The van der Waals surface area contributed by atoms with Crippen LogP contribution in [-0.2, 0) is 9.59 Å². The molecule has 2 fully saturated rings. The van der Waals surface area contributed by atoms with Crippen LogP contribution in [0, 0.1) is 11.3 Å². The highest BCUT2D eigenvalue weighted by Gasteiger charge is 2.43. The Hall–Kier alpha value is -1.10. The molecule has 1 aliphatic heterocycles. The predicted molar refractivity (Wildman–Crippen MR) is 62.1 cm³/mol. The minimum Gasteiger partial charge on any atom is -0.396 e. The molecule has 0 spiro atoms. The maximum Gasteiger partial charge on any atom is 0.225 e. The Morgan fingerprint density at radius 2 is 2.29 bits per heavy atom. The third-order valence-corrected chi connectivity index (χ3v) is 3.90. The lowest BCUT2D eigenvalue weighted by Gasteiger charge is -2.16. The number of carbonyl (C=O) groups is 2. The number of amides is 2. The van der Waals surface area contributed by atoms with E-state index < -0.39 is 0 Å². The highest BCUT2D eigenvalue weighted by molar-refractivity contribution is 5.89. The first-order chi connectivity index (χ1) is 8.10. The minimum absolute atomic E-state index is 0.0472. The van der Waals surface area contributed by atoms with Crippen molar-refractivity contribution in [3.8, 4) is 0 Å². The maximum absolute atomic E-state index is 11.9. The molecule has 1 heterocycles. The zero-order valence-electron chi connectivity index (χ0n) is 10.2. The van der Waals surface area contributed by atoms with Crippen LogP contribution < -0.4 is 5.32 Å². The van der Waals surface area contributed by atoms with Gasteiger partial charge in [-0.2, -0.15) is 0 Å². The fraction of sp³-hybridized carbons (Fsp3) is 0.833. The number of rotatable bonds is 5. The summed E-state index contributed by atoms with van der Waals surface area (Å²) in [5, 5.41) is 12.0. The highest BCUT2D eigenvalue weighted by atomic mass is 16.3. The van der Waals surface area contributed by atoms with E-state index in [1.165, 1.54) is 0 Å². The Morgan fingerprint density at radius 1 is 1.59 bits per heavy atom. The second-order valence-electron chi connectivity index (χ2n) is 5.21. The number of likely N-dealkylation sites (tertiary alicyclic amines) is 1. The Morgan fingerprint density at radius 3 is 2.76 bits per heavy atom. The van der Waals surface area contributed by atoms with Crippen molar-refractivity contribution in [2.45, 2.75) is 26.2 Å². The predicted octanol–water partition coefficient (Wildman–Crippen LogP) is -0.257. The van der Waals surface area contributed by atoms with Crippen LogP contribution >= 0.6 is 0 Å². The lowest BCUT2D eigenvalue weighted by molar-refractivity contribution is -0.129. The van der Waals surface area contributed by atoms with Crippen molar-refractivity contribution in [3.05, 3.63) is 0 Å². The number of hydrogen-bond donors (Lipinski definition) is 2. The van der Waals surface area contributed by atoms with Gasteiger partial charge in [0.25, 0.3) is 0 Å². The smallest absolute Gasteiger partial charge is 0.225 e. The van der Waals surface area contributed by atoms with Gasteiger partial charge in [0.05, 0.1) is 12.5 Å². The second-order valence-corrected chi connectivity index (χ2v) is 5.21. The molecule has 1 aliphatic carbocycles. The van der Waals surface area contributed by atoms with Gasteiger partial charge in [0.1, 0.15) is 0 Å². The molecule has 1 unspecified atom stereocenters. The van der Waals surface area contributed by atoms with Crippen molar-refractivity contribution < 1.29 is 14.7 Å². The van der Waals surface area contributed by atoms with E-state index in [0.717, 1.165) is 12.8 Å². The van der Waals surface area contributed by atoms with Gasteiger partial charge in [0, 0.05) is 31.5 Å². The monoisotopic (exact) mass is 240 g/mol. The Bertz CT molecular complexity index is 326. The molecule has 96 valence electrons. The minimum atomic E-state index is -0.211. The number of nitrogens with one attached hydrogen (secondary N) is 1. The molecule has 5 heteroatoms. The lowest BCUT2D eigenvalue weighted by Crippen LogP contribution is -2.37. The Balaban J connectivity index is 1.79. The number of carbonyl (C=O) groups excluding carboxylic acids is 2. The van der Waals surface area contributed by atoms with E-state index >= 15 is 0 Å². The van der Waals surface area contributed by atoms with Crippen LogP contribution in [-0.4, -0.2) is 48.1 Å². The standard InChI is InChI=1S/C12H20N2O3/c1-2-14-6-9(5-10(14)16)11(17)13-7-12(8-15)3-4-12/h9,15H,2-8H2,1H3,(H,13,17). The Kier molecular flexibility index (Phi) is 3.38. The fourth-order valence-corrected chi connectivity index (χ4v) is 2.24. The summed E-state index contributed by atoms with van der Waals surface area (Å²) >= 11 is 0. The molecule has 1 saturated heterocycles. The van der Waals surface area contributed by atoms with E-state index in [9.17, 15) is 9.59 Å². The van der Waals surface area contributed by atoms with Crippen molar-refractivity contribution in [1.82, 2.24) is 10.2 Å². The third kappa shape index (κ3) is 2.60. The van der Waals surface area contributed by atoms with Crippen LogP contribution in [0.2, 0.25) is 0 Å².